The van der Waals surface area contributed by atoms with E-state index >= 15 is 0 Å². The third kappa shape index (κ3) is 7.85. The van der Waals surface area contributed by atoms with Crippen LogP contribution in [0.3, 0.4) is 0 Å². The van der Waals surface area contributed by atoms with E-state index in [0.29, 0.717) is 25.5 Å². The topological polar surface area (TPSA) is 58.6 Å². The molecule has 0 aliphatic carbocycles. The minimum atomic E-state index is -0.829. The van der Waals surface area contributed by atoms with Crippen LogP contribution in [0.25, 0.3) is 0 Å². The molecule has 0 rings (SSSR count). The summed E-state index contributed by atoms with van der Waals surface area (Å²) in [5, 5.41) is 12.3. The molecule has 2 atom stereocenters. The van der Waals surface area contributed by atoms with Crippen molar-refractivity contribution in [3.8, 4) is 0 Å². The van der Waals surface area contributed by atoms with Gasteiger partial charge in [0, 0.05) is 13.2 Å². The molecule has 0 aromatic heterocycles. The average molecular weight is 287 g/mol. The van der Waals surface area contributed by atoms with E-state index in [2.05, 4.69) is 19.2 Å². The quantitative estimate of drug-likeness (QED) is 0.509. The van der Waals surface area contributed by atoms with Crippen molar-refractivity contribution < 1.29 is 14.6 Å². The predicted octanol–water partition coefficient (Wildman–Crippen LogP) is 3.45. The van der Waals surface area contributed by atoms with Crippen LogP contribution in [0.4, 0.5) is 0 Å². The molecule has 0 heterocycles. The molecule has 20 heavy (non-hydrogen) atoms. The van der Waals surface area contributed by atoms with Gasteiger partial charge in [0.1, 0.15) is 5.54 Å². The minimum Gasteiger partial charge on any atom is -0.480 e. The van der Waals surface area contributed by atoms with Crippen molar-refractivity contribution in [3.63, 3.8) is 0 Å². The molecule has 0 saturated carbocycles. The van der Waals surface area contributed by atoms with Gasteiger partial charge in [-0.15, -0.1) is 0 Å². The molecule has 0 bridgehead atoms. The van der Waals surface area contributed by atoms with Gasteiger partial charge in [0.2, 0.25) is 0 Å². The van der Waals surface area contributed by atoms with Crippen LogP contribution in [-0.4, -0.2) is 36.4 Å². The highest BCUT2D eigenvalue weighted by Crippen LogP contribution is 2.15. The summed E-state index contributed by atoms with van der Waals surface area (Å²) in [6, 6.07) is 0. The van der Waals surface area contributed by atoms with E-state index in [0.717, 1.165) is 19.4 Å². The SMILES string of the molecule is CCCCC(CC)COCCCC(C)(NCC)C(=O)O. The van der Waals surface area contributed by atoms with E-state index in [1.165, 1.54) is 19.3 Å². The van der Waals surface area contributed by atoms with Crippen LogP contribution in [0, 0.1) is 5.92 Å². The van der Waals surface area contributed by atoms with Gasteiger partial charge in [-0.05, 0) is 38.6 Å². The highest BCUT2D eigenvalue weighted by molar-refractivity contribution is 5.78. The van der Waals surface area contributed by atoms with Crippen LogP contribution >= 0.6 is 0 Å². The lowest BCUT2D eigenvalue weighted by atomic mass is 9.96. The molecule has 0 aliphatic heterocycles. The Morgan fingerprint density at radius 1 is 1.30 bits per heavy atom. The number of unbranched alkanes of at least 4 members (excludes halogenated alkanes) is 1. The van der Waals surface area contributed by atoms with Gasteiger partial charge in [0.15, 0.2) is 0 Å². The number of rotatable bonds is 13. The second-order valence-corrected chi connectivity index (χ2v) is 5.76. The third-order valence-electron chi connectivity index (χ3n) is 3.90. The molecule has 0 radical (unpaired) electrons. The molecule has 4 nitrogen and oxygen atoms in total. The summed E-state index contributed by atoms with van der Waals surface area (Å²) in [7, 11) is 0. The van der Waals surface area contributed by atoms with Gasteiger partial charge in [0.25, 0.3) is 0 Å². The maximum absolute atomic E-state index is 11.2. The molecule has 0 fully saturated rings. The van der Waals surface area contributed by atoms with Crippen molar-refractivity contribution in [2.75, 3.05) is 19.8 Å². The number of aliphatic carboxylic acids is 1. The van der Waals surface area contributed by atoms with Crippen LogP contribution in [0.2, 0.25) is 0 Å². The van der Waals surface area contributed by atoms with E-state index in [9.17, 15) is 9.90 Å². The van der Waals surface area contributed by atoms with Crippen LogP contribution in [0.5, 0.6) is 0 Å². The average Bonchev–Trinajstić information content (AvgIpc) is 2.42. The largest absolute Gasteiger partial charge is 0.480 e. The third-order valence-corrected chi connectivity index (χ3v) is 3.90. The number of ether oxygens (including phenoxy) is 1. The van der Waals surface area contributed by atoms with Gasteiger partial charge in [-0.1, -0.05) is 40.0 Å². The van der Waals surface area contributed by atoms with Crippen molar-refractivity contribution in [2.24, 2.45) is 5.92 Å². The number of hydrogen-bond acceptors (Lipinski definition) is 3. The molecule has 4 heteroatoms. The molecule has 2 unspecified atom stereocenters. The number of carboxylic acids is 1. The predicted molar refractivity (Wildman–Crippen MR) is 83.1 cm³/mol. The van der Waals surface area contributed by atoms with Gasteiger partial charge in [0.05, 0.1) is 0 Å². The molecule has 0 saturated heterocycles. The Bertz CT molecular complexity index is 258. The number of nitrogens with one attached hydrogen (secondary N) is 1. The van der Waals surface area contributed by atoms with Gasteiger partial charge < -0.3 is 15.2 Å². The van der Waals surface area contributed by atoms with Crippen molar-refractivity contribution >= 4 is 5.97 Å². The van der Waals surface area contributed by atoms with E-state index in [4.69, 9.17) is 4.74 Å². The first kappa shape index (κ1) is 19.4. The fourth-order valence-electron chi connectivity index (χ4n) is 2.34. The molecule has 0 amide bonds. The van der Waals surface area contributed by atoms with Gasteiger partial charge in [-0.2, -0.15) is 0 Å². The molecule has 0 spiro atoms. The van der Waals surface area contributed by atoms with E-state index in [1.807, 2.05) is 6.92 Å². The summed E-state index contributed by atoms with van der Waals surface area (Å²) in [6.07, 6.45) is 6.26. The first-order chi connectivity index (χ1) is 9.50. The molecular formula is C16H33NO3. The number of likely N-dealkylation sites (N-methyl/N-ethyl adjacent to an activating group) is 1. The first-order valence-corrected chi connectivity index (χ1v) is 8.06. The molecule has 0 aromatic carbocycles. The Labute approximate surface area is 124 Å². The first-order valence-electron chi connectivity index (χ1n) is 8.06. The zero-order chi connectivity index (χ0) is 15.4. The van der Waals surface area contributed by atoms with Gasteiger partial charge >= 0.3 is 5.97 Å². The van der Waals surface area contributed by atoms with Crippen LogP contribution in [0.15, 0.2) is 0 Å². The zero-order valence-electron chi connectivity index (χ0n) is 13.7. The Balaban J connectivity index is 3.85. The monoisotopic (exact) mass is 287 g/mol. The van der Waals surface area contributed by atoms with Crippen LogP contribution in [0.1, 0.15) is 66.2 Å². The van der Waals surface area contributed by atoms with Crippen molar-refractivity contribution in [1.82, 2.24) is 5.32 Å². The fraction of sp³-hybridized carbons (Fsp3) is 0.938. The number of carbonyl (C=O) groups is 1. The summed E-state index contributed by atoms with van der Waals surface area (Å²) >= 11 is 0. The molecule has 0 aromatic rings. The lowest BCUT2D eigenvalue weighted by molar-refractivity contribution is -0.144. The fourth-order valence-corrected chi connectivity index (χ4v) is 2.34. The maximum Gasteiger partial charge on any atom is 0.323 e. The van der Waals surface area contributed by atoms with Crippen molar-refractivity contribution in [2.45, 2.75) is 71.8 Å². The smallest absolute Gasteiger partial charge is 0.323 e. The maximum atomic E-state index is 11.2. The standard InChI is InChI=1S/C16H33NO3/c1-5-8-10-14(6-2)13-20-12-9-11-16(4,15(18)19)17-7-3/h14,17H,5-13H2,1-4H3,(H,18,19). The van der Waals surface area contributed by atoms with Crippen molar-refractivity contribution in [3.05, 3.63) is 0 Å². The number of hydrogen-bond donors (Lipinski definition) is 2. The van der Waals surface area contributed by atoms with E-state index < -0.39 is 11.5 Å². The number of carboxylic acid groups (broad SMARTS) is 1. The molecule has 120 valence electrons. The van der Waals surface area contributed by atoms with Crippen LogP contribution < -0.4 is 5.32 Å². The van der Waals surface area contributed by atoms with Gasteiger partial charge in [-0.25, -0.2) is 0 Å². The molecular weight excluding hydrogens is 254 g/mol. The lowest BCUT2D eigenvalue weighted by Gasteiger charge is -2.25. The lowest BCUT2D eigenvalue weighted by Crippen LogP contribution is -2.49. The highest BCUT2D eigenvalue weighted by Gasteiger charge is 2.31. The minimum absolute atomic E-state index is 0.599. The molecule has 0 aliphatic rings. The Hall–Kier alpha value is -0.610. The van der Waals surface area contributed by atoms with E-state index in [1.54, 1.807) is 6.92 Å². The Kier molecular flexibility index (Phi) is 10.8. The van der Waals surface area contributed by atoms with Crippen molar-refractivity contribution in [1.29, 1.82) is 0 Å². The summed E-state index contributed by atoms with van der Waals surface area (Å²) in [5.41, 5.74) is -0.829. The van der Waals surface area contributed by atoms with E-state index in [-0.39, 0.29) is 0 Å². The second-order valence-electron chi connectivity index (χ2n) is 5.76. The summed E-state index contributed by atoms with van der Waals surface area (Å²) in [6.45, 7) is 10.2. The summed E-state index contributed by atoms with van der Waals surface area (Å²) in [4.78, 5) is 11.2. The Morgan fingerprint density at radius 3 is 2.50 bits per heavy atom. The summed E-state index contributed by atoms with van der Waals surface area (Å²) in [5.74, 6) is -0.136. The van der Waals surface area contributed by atoms with Crippen LogP contribution in [-0.2, 0) is 9.53 Å². The second kappa shape index (κ2) is 11.1. The highest BCUT2D eigenvalue weighted by atomic mass is 16.5. The summed E-state index contributed by atoms with van der Waals surface area (Å²) < 4.78 is 5.72. The Morgan fingerprint density at radius 2 is 2.00 bits per heavy atom. The zero-order valence-corrected chi connectivity index (χ0v) is 13.7. The normalized spacial score (nSPS) is 15.8. The van der Waals surface area contributed by atoms with Gasteiger partial charge in [-0.3, -0.25) is 4.79 Å². The molecule has 2 N–H and O–H groups in total.